The van der Waals surface area contributed by atoms with Crippen LogP contribution in [-0.4, -0.2) is 11.0 Å². The highest BCUT2D eigenvalue weighted by Crippen LogP contribution is 2.04. The number of aryl methyl sites for hydroxylation is 1. The number of rotatable bonds is 3. The minimum Gasteiger partial charge on any atom is -0.309 e. The van der Waals surface area contributed by atoms with Gasteiger partial charge < -0.3 is 5.32 Å². The Hall–Kier alpha value is -0.960. The van der Waals surface area contributed by atoms with E-state index in [-0.39, 0.29) is 5.95 Å². The molecule has 72 valence electrons. The maximum Gasteiger partial charge on any atom is 0.216 e. The lowest BCUT2D eigenvalue weighted by Gasteiger charge is -2.07. The summed E-state index contributed by atoms with van der Waals surface area (Å²) in [5.74, 6) is -0.372. The molecule has 1 rings (SSSR count). The molecule has 0 aromatic carbocycles. The zero-order valence-corrected chi connectivity index (χ0v) is 8.26. The SMILES string of the molecule is Cc1ccc(CNC(C)C)nc1F. The number of aromatic nitrogens is 1. The van der Waals surface area contributed by atoms with Crippen LogP contribution in [0.4, 0.5) is 4.39 Å². The van der Waals surface area contributed by atoms with Crippen molar-refractivity contribution >= 4 is 0 Å². The lowest BCUT2D eigenvalue weighted by Crippen LogP contribution is -2.22. The van der Waals surface area contributed by atoms with Gasteiger partial charge in [0.25, 0.3) is 0 Å². The molecule has 0 radical (unpaired) electrons. The second kappa shape index (κ2) is 4.33. The second-order valence-electron chi connectivity index (χ2n) is 3.45. The molecule has 0 aliphatic heterocycles. The molecule has 0 saturated heterocycles. The van der Waals surface area contributed by atoms with E-state index in [0.717, 1.165) is 5.69 Å². The summed E-state index contributed by atoms with van der Waals surface area (Å²) in [6, 6.07) is 3.99. The number of nitrogens with one attached hydrogen (secondary N) is 1. The molecule has 2 nitrogen and oxygen atoms in total. The van der Waals surface area contributed by atoms with Crippen LogP contribution in [0.25, 0.3) is 0 Å². The van der Waals surface area contributed by atoms with E-state index in [9.17, 15) is 4.39 Å². The minimum absolute atomic E-state index is 0.372. The van der Waals surface area contributed by atoms with Crippen molar-refractivity contribution in [2.24, 2.45) is 0 Å². The van der Waals surface area contributed by atoms with E-state index in [1.165, 1.54) is 0 Å². The van der Waals surface area contributed by atoms with Gasteiger partial charge in [-0.1, -0.05) is 19.9 Å². The molecule has 1 heterocycles. The average Bonchev–Trinajstić information content (AvgIpc) is 2.07. The van der Waals surface area contributed by atoms with Crippen LogP contribution in [0, 0.1) is 12.9 Å². The van der Waals surface area contributed by atoms with Crippen LogP contribution in [0.5, 0.6) is 0 Å². The van der Waals surface area contributed by atoms with Crippen LogP contribution in [0.3, 0.4) is 0 Å². The van der Waals surface area contributed by atoms with Gasteiger partial charge in [-0.2, -0.15) is 4.39 Å². The third-order valence-corrected chi connectivity index (χ3v) is 1.78. The van der Waals surface area contributed by atoms with Crippen LogP contribution in [0.15, 0.2) is 12.1 Å². The zero-order valence-electron chi connectivity index (χ0n) is 8.26. The molecule has 0 fully saturated rings. The van der Waals surface area contributed by atoms with E-state index < -0.39 is 0 Å². The Balaban J connectivity index is 2.63. The normalized spacial score (nSPS) is 10.8. The van der Waals surface area contributed by atoms with Gasteiger partial charge in [0.2, 0.25) is 5.95 Å². The molecule has 0 spiro atoms. The van der Waals surface area contributed by atoms with Crippen molar-refractivity contribution in [1.82, 2.24) is 10.3 Å². The van der Waals surface area contributed by atoms with Gasteiger partial charge in [0, 0.05) is 18.2 Å². The first-order chi connectivity index (χ1) is 6.09. The van der Waals surface area contributed by atoms with Crippen molar-refractivity contribution in [1.29, 1.82) is 0 Å². The molecule has 1 N–H and O–H groups in total. The van der Waals surface area contributed by atoms with Gasteiger partial charge in [-0.3, -0.25) is 0 Å². The zero-order chi connectivity index (χ0) is 9.84. The summed E-state index contributed by atoms with van der Waals surface area (Å²) in [7, 11) is 0. The molecule has 1 aromatic heterocycles. The van der Waals surface area contributed by atoms with Crippen LogP contribution >= 0.6 is 0 Å². The van der Waals surface area contributed by atoms with E-state index in [1.807, 2.05) is 19.9 Å². The van der Waals surface area contributed by atoms with Crippen molar-refractivity contribution < 1.29 is 4.39 Å². The number of nitrogens with zero attached hydrogens (tertiary/aromatic N) is 1. The Kier molecular flexibility index (Phi) is 3.37. The van der Waals surface area contributed by atoms with E-state index in [1.54, 1.807) is 13.0 Å². The topological polar surface area (TPSA) is 24.9 Å². The predicted octanol–water partition coefficient (Wildman–Crippen LogP) is 2.03. The summed E-state index contributed by atoms with van der Waals surface area (Å²) < 4.78 is 13.0. The molecule has 0 saturated carbocycles. The maximum atomic E-state index is 13.0. The lowest BCUT2D eigenvalue weighted by atomic mass is 10.2. The molecule has 0 bridgehead atoms. The van der Waals surface area contributed by atoms with Gasteiger partial charge in [0.1, 0.15) is 0 Å². The number of hydrogen-bond acceptors (Lipinski definition) is 2. The monoisotopic (exact) mass is 182 g/mol. The summed E-state index contributed by atoms with van der Waals surface area (Å²) in [6.45, 7) is 6.42. The summed E-state index contributed by atoms with van der Waals surface area (Å²) in [5, 5.41) is 3.18. The van der Waals surface area contributed by atoms with Crippen molar-refractivity contribution in [2.75, 3.05) is 0 Å². The first kappa shape index (κ1) is 10.1. The molecule has 0 atom stereocenters. The Morgan fingerprint density at radius 3 is 2.69 bits per heavy atom. The fourth-order valence-electron chi connectivity index (χ4n) is 0.949. The molecule has 13 heavy (non-hydrogen) atoms. The van der Waals surface area contributed by atoms with Crippen molar-refractivity contribution in [2.45, 2.75) is 33.4 Å². The highest BCUT2D eigenvalue weighted by Gasteiger charge is 2.01. The standard InChI is InChI=1S/C10H15FN2/c1-7(2)12-6-9-5-4-8(3)10(11)13-9/h4-5,7,12H,6H2,1-3H3. The Morgan fingerprint density at radius 2 is 2.15 bits per heavy atom. The van der Waals surface area contributed by atoms with Gasteiger partial charge in [0.05, 0.1) is 5.69 Å². The largest absolute Gasteiger partial charge is 0.309 e. The molecule has 0 aliphatic rings. The van der Waals surface area contributed by atoms with Crippen LogP contribution in [0.1, 0.15) is 25.1 Å². The maximum absolute atomic E-state index is 13.0. The number of pyridine rings is 1. The van der Waals surface area contributed by atoms with Gasteiger partial charge in [-0.25, -0.2) is 4.98 Å². The van der Waals surface area contributed by atoms with E-state index in [4.69, 9.17) is 0 Å². The molecule has 0 unspecified atom stereocenters. The van der Waals surface area contributed by atoms with Crippen molar-refractivity contribution in [3.05, 3.63) is 29.3 Å². The fraction of sp³-hybridized carbons (Fsp3) is 0.500. The number of halogens is 1. The van der Waals surface area contributed by atoms with Gasteiger partial charge in [-0.15, -0.1) is 0 Å². The average molecular weight is 182 g/mol. The third kappa shape index (κ3) is 3.11. The van der Waals surface area contributed by atoms with Gasteiger partial charge in [-0.05, 0) is 13.0 Å². The fourth-order valence-corrected chi connectivity index (χ4v) is 0.949. The van der Waals surface area contributed by atoms with Crippen molar-refractivity contribution in [3.63, 3.8) is 0 Å². The first-order valence-electron chi connectivity index (χ1n) is 4.45. The van der Waals surface area contributed by atoms with E-state index in [0.29, 0.717) is 18.2 Å². The van der Waals surface area contributed by atoms with Crippen LogP contribution in [-0.2, 0) is 6.54 Å². The minimum atomic E-state index is -0.372. The molecule has 0 amide bonds. The Morgan fingerprint density at radius 1 is 1.46 bits per heavy atom. The third-order valence-electron chi connectivity index (χ3n) is 1.78. The highest BCUT2D eigenvalue weighted by molar-refractivity contribution is 5.13. The van der Waals surface area contributed by atoms with Gasteiger partial charge in [0.15, 0.2) is 0 Å². The molecular formula is C10H15FN2. The van der Waals surface area contributed by atoms with E-state index in [2.05, 4.69) is 10.3 Å². The molecular weight excluding hydrogens is 167 g/mol. The summed E-state index contributed by atoms with van der Waals surface area (Å²) in [4.78, 5) is 3.82. The molecule has 0 aliphatic carbocycles. The molecule has 3 heteroatoms. The quantitative estimate of drug-likeness (QED) is 0.723. The summed E-state index contributed by atoms with van der Waals surface area (Å²) >= 11 is 0. The second-order valence-corrected chi connectivity index (χ2v) is 3.45. The predicted molar refractivity (Wildman–Crippen MR) is 50.9 cm³/mol. The first-order valence-corrected chi connectivity index (χ1v) is 4.45. The highest BCUT2D eigenvalue weighted by atomic mass is 19.1. The van der Waals surface area contributed by atoms with E-state index >= 15 is 0 Å². The summed E-state index contributed by atoms with van der Waals surface area (Å²) in [6.07, 6.45) is 0. The van der Waals surface area contributed by atoms with Gasteiger partial charge >= 0.3 is 0 Å². The molecule has 1 aromatic rings. The lowest BCUT2D eigenvalue weighted by molar-refractivity contribution is 0.543. The van der Waals surface area contributed by atoms with Crippen molar-refractivity contribution in [3.8, 4) is 0 Å². The number of hydrogen-bond donors (Lipinski definition) is 1. The van der Waals surface area contributed by atoms with Crippen LogP contribution < -0.4 is 5.32 Å². The summed E-state index contributed by atoms with van der Waals surface area (Å²) in [5.41, 5.74) is 1.34. The van der Waals surface area contributed by atoms with Crippen LogP contribution in [0.2, 0.25) is 0 Å². The Bertz CT molecular complexity index is 284. The Labute approximate surface area is 78.2 Å². The smallest absolute Gasteiger partial charge is 0.216 e.